The van der Waals surface area contributed by atoms with Crippen LogP contribution in [-0.2, 0) is 6.42 Å². The van der Waals surface area contributed by atoms with Gasteiger partial charge in [0.15, 0.2) is 11.5 Å². The summed E-state index contributed by atoms with van der Waals surface area (Å²) in [5.41, 5.74) is 3.28. The van der Waals surface area contributed by atoms with Gasteiger partial charge < -0.3 is 14.7 Å². The SMILES string of the molecule is COc1ccc(C(=O)N2CCC[C@H]3c4ccccc4C[C@H]32)cc1O. The molecule has 4 heteroatoms. The third-order valence-electron chi connectivity index (χ3n) is 5.35. The first kappa shape index (κ1) is 15.1. The van der Waals surface area contributed by atoms with Gasteiger partial charge in [-0.05, 0) is 48.6 Å². The number of ether oxygens (including phenoxy) is 1. The summed E-state index contributed by atoms with van der Waals surface area (Å²) in [6, 6.07) is 13.6. The summed E-state index contributed by atoms with van der Waals surface area (Å²) in [5.74, 6) is 0.823. The molecule has 4 nitrogen and oxygen atoms in total. The van der Waals surface area contributed by atoms with Gasteiger partial charge in [0.05, 0.1) is 7.11 Å². The Morgan fingerprint density at radius 1 is 1.25 bits per heavy atom. The number of carbonyl (C=O) groups excluding carboxylic acids is 1. The van der Waals surface area contributed by atoms with Crippen molar-refractivity contribution in [2.75, 3.05) is 13.7 Å². The minimum absolute atomic E-state index is 0.00420. The number of rotatable bonds is 2. The van der Waals surface area contributed by atoms with Crippen LogP contribution in [0.15, 0.2) is 42.5 Å². The summed E-state index contributed by atoms with van der Waals surface area (Å²) in [4.78, 5) is 15.0. The predicted molar refractivity (Wildman–Crippen MR) is 91.6 cm³/mol. The Morgan fingerprint density at radius 2 is 2.08 bits per heavy atom. The van der Waals surface area contributed by atoms with E-state index in [1.807, 2.05) is 4.90 Å². The number of aromatic hydroxyl groups is 1. The van der Waals surface area contributed by atoms with Crippen LogP contribution in [0.4, 0.5) is 0 Å². The van der Waals surface area contributed by atoms with Crippen molar-refractivity contribution < 1.29 is 14.6 Å². The molecule has 2 aromatic rings. The fourth-order valence-corrected chi connectivity index (χ4v) is 4.22. The maximum Gasteiger partial charge on any atom is 0.254 e. The molecule has 0 aromatic heterocycles. The van der Waals surface area contributed by atoms with Gasteiger partial charge in [-0.15, -0.1) is 0 Å². The highest BCUT2D eigenvalue weighted by atomic mass is 16.5. The van der Waals surface area contributed by atoms with Crippen molar-refractivity contribution in [2.24, 2.45) is 0 Å². The zero-order valence-corrected chi connectivity index (χ0v) is 13.7. The first-order valence-electron chi connectivity index (χ1n) is 8.45. The van der Waals surface area contributed by atoms with Crippen molar-refractivity contribution >= 4 is 5.91 Å². The van der Waals surface area contributed by atoms with Crippen LogP contribution in [0.3, 0.4) is 0 Å². The summed E-state index contributed by atoms with van der Waals surface area (Å²) in [5, 5.41) is 9.97. The molecule has 0 spiro atoms. The van der Waals surface area contributed by atoms with Gasteiger partial charge in [0.1, 0.15) is 0 Å². The molecule has 2 aliphatic rings. The third-order valence-corrected chi connectivity index (χ3v) is 5.35. The van der Waals surface area contributed by atoms with E-state index in [1.165, 1.54) is 24.3 Å². The normalized spacial score (nSPS) is 22.0. The smallest absolute Gasteiger partial charge is 0.254 e. The minimum atomic E-state index is -0.00420. The highest BCUT2D eigenvalue weighted by Gasteiger charge is 2.40. The molecule has 1 fully saturated rings. The molecule has 1 aliphatic heterocycles. The van der Waals surface area contributed by atoms with Gasteiger partial charge in [-0.2, -0.15) is 0 Å². The van der Waals surface area contributed by atoms with Crippen LogP contribution in [0.5, 0.6) is 11.5 Å². The van der Waals surface area contributed by atoms with Crippen molar-refractivity contribution in [3.8, 4) is 11.5 Å². The summed E-state index contributed by atoms with van der Waals surface area (Å²) < 4.78 is 5.06. The second kappa shape index (κ2) is 5.86. The summed E-state index contributed by atoms with van der Waals surface area (Å²) >= 11 is 0. The van der Waals surface area contributed by atoms with E-state index in [1.54, 1.807) is 12.1 Å². The maximum absolute atomic E-state index is 13.0. The lowest BCUT2D eigenvalue weighted by atomic mass is 9.88. The van der Waals surface area contributed by atoms with Crippen molar-refractivity contribution in [1.82, 2.24) is 4.90 Å². The lowest BCUT2D eigenvalue weighted by Gasteiger charge is -2.38. The van der Waals surface area contributed by atoms with Gasteiger partial charge >= 0.3 is 0 Å². The van der Waals surface area contributed by atoms with Crippen LogP contribution in [0.1, 0.15) is 40.2 Å². The number of hydrogen-bond acceptors (Lipinski definition) is 3. The largest absolute Gasteiger partial charge is 0.504 e. The Balaban J connectivity index is 1.63. The highest BCUT2D eigenvalue weighted by Crippen LogP contribution is 2.42. The molecule has 4 rings (SSSR count). The lowest BCUT2D eigenvalue weighted by Crippen LogP contribution is -2.46. The Kier molecular flexibility index (Phi) is 3.68. The van der Waals surface area contributed by atoms with Crippen molar-refractivity contribution in [2.45, 2.75) is 31.2 Å². The number of phenolic OH excluding ortho intramolecular Hbond substituents is 1. The van der Waals surface area contributed by atoms with Crippen LogP contribution < -0.4 is 4.74 Å². The van der Waals surface area contributed by atoms with E-state index in [9.17, 15) is 9.90 Å². The molecule has 1 N–H and O–H groups in total. The van der Waals surface area contributed by atoms with Crippen LogP contribution in [0.2, 0.25) is 0 Å². The van der Waals surface area contributed by atoms with E-state index < -0.39 is 0 Å². The Labute approximate surface area is 141 Å². The molecule has 1 aliphatic carbocycles. The van der Waals surface area contributed by atoms with Gasteiger partial charge in [0.2, 0.25) is 0 Å². The molecule has 2 aromatic carbocycles. The standard InChI is InChI=1S/C20H21NO3/c1-24-19-9-8-14(12-18(19)22)20(23)21-10-4-7-16-15-6-3-2-5-13(15)11-17(16)21/h2-3,5-6,8-9,12,16-17,22H,4,7,10-11H2,1H3/t16-,17+/m0/s1. The average Bonchev–Trinajstić information content (AvgIpc) is 2.99. The van der Waals surface area contributed by atoms with Crippen LogP contribution in [0.25, 0.3) is 0 Å². The molecule has 24 heavy (non-hydrogen) atoms. The lowest BCUT2D eigenvalue weighted by molar-refractivity contribution is 0.0595. The first-order valence-corrected chi connectivity index (χ1v) is 8.45. The highest BCUT2D eigenvalue weighted by molar-refractivity contribution is 5.95. The van der Waals surface area contributed by atoms with E-state index in [0.717, 1.165) is 25.8 Å². The monoisotopic (exact) mass is 323 g/mol. The number of likely N-dealkylation sites (tertiary alicyclic amines) is 1. The molecule has 0 saturated carbocycles. The van der Waals surface area contributed by atoms with Gasteiger partial charge in [0, 0.05) is 24.1 Å². The zero-order valence-electron chi connectivity index (χ0n) is 13.7. The molecule has 0 bridgehead atoms. The number of carbonyl (C=O) groups is 1. The Bertz CT molecular complexity index is 786. The number of piperidine rings is 1. The number of methoxy groups -OCH3 is 1. The summed E-state index contributed by atoms with van der Waals surface area (Å²) in [6.07, 6.45) is 3.08. The number of nitrogens with zero attached hydrogens (tertiary/aromatic N) is 1. The van der Waals surface area contributed by atoms with Gasteiger partial charge in [-0.25, -0.2) is 0 Å². The second-order valence-electron chi connectivity index (χ2n) is 6.60. The molecular formula is C20H21NO3. The topological polar surface area (TPSA) is 49.8 Å². The molecular weight excluding hydrogens is 302 g/mol. The van der Waals surface area contributed by atoms with E-state index in [2.05, 4.69) is 24.3 Å². The Hall–Kier alpha value is -2.49. The molecule has 1 amide bonds. The van der Waals surface area contributed by atoms with Gasteiger partial charge in [-0.3, -0.25) is 4.79 Å². The van der Waals surface area contributed by atoms with Crippen LogP contribution in [-0.4, -0.2) is 35.6 Å². The molecule has 1 heterocycles. The molecule has 124 valence electrons. The molecule has 0 unspecified atom stereocenters. The predicted octanol–water partition coefficient (Wildman–Crippen LogP) is 3.35. The van der Waals surface area contributed by atoms with E-state index >= 15 is 0 Å². The average molecular weight is 323 g/mol. The minimum Gasteiger partial charge on any atom is -0.504 e. The Morgan fingerprint density at radius 3 is 2.88 bits per heavy atom. The van der Waals surface area contributed by atoms with E-state index in [4.69, 9.17) is 4.74 Å². The maximum atomic E-state index is 13.0. The van der Waals surface area contributed by atoms with Crippen LogP contribution >= 0.6 is 0 Å². The third kappa shape index (κ3) is 2.33. The van der Waals surface area contributed by atoms with Crippen molar-refractivity contribution in [3.63, 3.8) is 0 Å². The number of fused-ring (bicyclic) bond motifs is 3. The number of phenols is 1. The van der Waals surface area contributed by atoms with E-state index in [0.29, 0.717) is 17.2 Å². The van der Waals surface area contributed by atoms with Gasteiger partial charge in [-0.1, -0.05) is 24.3 Å². The number of benzene rings is 2. The van der Waals surface area contributed by atoms with E-state index in [-0.39, 0.29) is 17.7 Å². The second-order valence-corrected chi connectivity index (χ2v) is 6.60. The molecule has 2 atom stereocenters. The van der Waals surface area contributed by atoms with Crippen LogP contribution in [0, 0.1) is 0 Å². The fraction of sp³-hybridized carbons (Fsp3) is 0.350. The fourth-order valence-electron chi connectivity index (χ4n) is 4.22. The molecule has 0 radical (unpaired) electrons. The quantitative estimate of drug-likeness (QED) is 0.922. The zero-order chi connectivity index (χ0) is 16.7. The number of amides is 1. The summed E-state index contributed by atoms with van der Waals surface area (Å²) in [7, 11) is 1.50. The van der Waals surface area contributed by atoms with Crippen molar-refractivity contribution in [1.29, 1.82) is 0 Å². The number of hydrogen-bond donors (Lipinski definition) is 1. The first-order chi connectivity index (χ1) is 11.7. The summed E-state index contributed by atoms with van der Waals surface area (Å²) in [6.45, 7) is 0.779. The van der Waals surface area contributed by atoms with Crippen molar-refractivity contribution in [3.05, 3.63) is 59.2 Å². The molecule has 1 saturated heterocycles. The van der Waals surface area contributed by atoms with Gasteiger partial charge in [0.25, 0.3) is 5.91 Å².